The van der Waals surface area contributed by atoms with Crippen molar-refractivity contribution in [3.05, 3.63) is 65.6 Å². The van der Waals surface area contributed by atoms with E-state index in [-0.39, 0.29) is 0 Å². The van der Waals surface area contributed by atoms with Gasteiger partial charge < -0.3 is 0 Å². The Morgan fingerprint density at radius 2 is 1.71 bits per heavy atom. The minimum Gasteiger partial charge on any atom is -0.0805 e. The Labute approximate surface area is 149 Å². The zero-order valence-corrected chi connectivity index (χ0v) is 15.6. The first kappa shape index (κ1) is 17.5. The van der Waals surface area contributed by atoms with Gasteiger partial charge in [0.2, 0.25) is 0 Å². The zero-order valence-electron chi connectivity index (χ0n) is 15.6. The van der Waals surface area contributed by atoms with Crippen molar-refractivity contribution in [3.63, 3.8) is 0 Å². The highest BCUT2D eigenvalue weighted by Gasteiger charge is 2.42. The topological polar surface area (TPSA) is 0 Å². The van der Waals surface area contributed by atoms with Gasteiger partial charge in [0, 0.05) is 0 Å². The van der Waals surface area contributed by atoms with E-state index in [4.69, 9.17) is 0 Å². The Bertz CT molecular complexity index is 592. The van der Waals surface area contributed by atoms with Gasteiger partial charge in [0.15, 0.2) is 0 Å². The van der Waals surface area contributed by atoms with Crippen molar-refractivity contribution in [2.75, 3.05) is 0 Å². The van der Waals surface area contributed by atoms with Crippen LogP contribution in [0.2, 0.25) is 0 Å². The number of allylic oxidation sites excluding steroid dienone is 4. The van der Waals surface area contributed by atoms with E-state index in [9.17, 15) is 0 Å². The Balaban J connectivity index is 1.98. The molecule has 0 heterocycles. The van der Waals surface area contributed by atoms with Crippen molar-refractivity contribution in [1.82, 2.24) is 0 Å². The van der Waals surface area contributed by atoms with Gasteiger partial charge in [-0.3, -0.25) is 0 Å². The van der Waals surface area contributed by atoms with E-state index in [1.54, 1.807) is 16.7 Å². The van der Waals surface area contributed by atoms with Crippen molar-refractivity contribution in [2.24, 2.45) is 17.8 Å². The fourth-order valence-electron chi connectivity index (χ4n) is 4.77. The highest BCUT2D eigenvalue weighted by molar-refractivity contribution is 5.42. The predicted molar refractivity (Wildman–Crippen MR) is 104 cm³/mol. The molecular weight excluding hydrogens is 288 g/mol. The summed E-state index contributed by atoms with van der Waals surface area (Å²) in [6.45, 7) is 6.93. The molecule has 4 atom stereocenters. The third-order valence-corrected chi connectivity index (χ3v) is 5.76. The van der Waals surface area contributed by atoms with Crippen LogP contribution in [-0.4, -0.2) is 0 Å². The lowest BCUT2D eigenvalue weighted by Gasteiger charge is -2.27. The van der Waals surface area contributed by atoms with Crippen molar-refractivity contribution in [2.45, 2.75) is 65.2 Å². The van der Waals surface area contributed by atoms with Gasteiger partial charge in [-0.1, -0.05) is 82.5 Å². The molecule has 0 heteroatoms. The lowest BCUT2D eigenvalue weighted by atomic mass is 9.77. The second-order valence-electron chi connectivity index (χ2n) is 7.45. The van der Waals surface area contributed by atoms with Crippen LogP contribution in [0.3, 0.4) is 0 Å². The molecule has 2 aliphatic carbocycles. The molecule has 1 saturated carbocycles. The summed E-state index contributed by atoms with van der Waals surface area (Å²) >= 11 is 0. The normalized spacial score (nSPS) is 28.3. The molecule has 0 spiro atoms. The minimum absolute atomic E-state index is 0.505. The van der Waals surface area contributed by atoms with Crippen LogP contribution in [-0.2, 0) is 12.8 Å². The number of aryl methyl sites for hydroxylation is 1. The molecule has 1 fully saturated rings. The molecule has 0 bridgehead atoms. The second-order valence-corrected chi connectivity index (χ2v) is 7.45. The summed E-state index contributed by atoms with van der Waals surface area (Å²) in [5.74, 6) is 2.39. The first-order chi connectivity index (χ1) is 11.8. The second kappa shape index (κ2) is 8.19. The van der Waals surface area contributed by atoms with Gasteiger partial charge in [-0.15, -0.1) is 0 Å². The van der Waals surface area contributed by atoms with Crippen LogP contribution >= 0.6 is 0 Å². The van der Waals surface area contributed by atoms with Crippen LogP contribution in [0.15, 0.2) is 42.5 Å². The molecule has 0 N–H and O–H groups in total. The van der Waals surface area contributed by atoms with Crippen LogP contribution in [0.1, 0.15) is 69.1 Å². The molecule has 1 aromatic carbocycles. The molecule has 3 rings (SSSR count). The molecule has 0 saturated heterocycles. The molecule has 128 valence electrons. The maximum atomic E-state index is 3.97. The highest BCUT2D eigenvalue weighted by Crippen LogP contribution is 2.51. The standard InChI is InChI=1S/C24H32/c1-4-10-18-14-9-16-23(20(18)11-5-2)24-17-19-13-7-8-15-21(19)22(24)12-6-3/h7-9,13-16,19,21-22,24H,4-6,10-12H2,1-3H3. The van der Waals surface area contributed by atoms with Gasteiger partial charge in [0.1, 0.15) is 0 Å². The van der Waals surface area contributed by atoms with Gasteiger partial charge in [0.25, 0.3) is 0 Å². The van der Waals surface area contributed by atoms with E-state index in [1.807, 2.05) is 0 Å². The van der Waals surface area contributed by atoms with Crippen LogP contribution in [0.25, 0.3) is 0 Å². The van der Waals surface area contributed by atoms with Gasteiger partial charge in [-0.2, -0.15) is 0 Å². The molecule has 0 nitrogen and oxygen atoms in total. The quantitative estimate of drug-likeness (QED) is 0.534. The predicted octanol–water partition coefficient (Wildman–Crippen LogP) is 6.54. The molecule has 1 aromatic rings. The molecule has 0 amide bonds. The summed E-state index contributed by atoms with van der Waals surface area (Å²) in [4.78, 5) is 0. The maximum absolute atomic E-state index is 3.97. The Morgan fingerprint density at radius 3 is 2.46 bits per heavy atom. The van der Waals surface area contributed by atoms with E-state index < -0.39 is 0 Å². The molecule has 24 heavy (non-hydrogen) atoms. The van der Waals surface area contributed by atoms with E-state index >= 15 is 0 Å². The van der Waals surface area contributed by atoms with Crippen LogP contribution < -0.4 is 0 Å². The summed E-state index contributed by atoms with van der Waals surface area (Å²) in [5, 5.41) is 0. The van der Waals surface area contributed by atoms with E-state index in [0.29, 0.717) is 23.7 Å². The van der Waals surface area contributed by atoms with Crippen LogP contribution in [0.4, 0.5) is 0 Å². The summed E-state index contributed by atoms with van der Waals surface area (Å²) in [6, 6.07) is 7.04. The van der Waals surface area contributed by atoms with Crippen molar-refractivity contribution >= 4 is 0 Å². The molecular formula is C24H32. The van der Waals surface area contributed by atoms with Crippen molar-refractivity contribution < 1.29 is 0 Å². The lowest BCUT2D eigenvalue weighted by molar-refractivity contribution is 0.366. The summed E-state index contributed by atoms with van der Waals surface area (Å²) in [6.07, 6.45) is 20.7. The average molecular weight is 321 g/mol. The fraction of sp³-hybridized carbons (Fsp3) is 0.542. The smallest absolute Gasteiger partial charge is 0.000868 e. The first-order valence-corrected chi connectivity index (χ1v) is 10.0. The number of rotatable bonds is 7. The van der Waals surface area contributed by atoms with Crippen LogP contribution in [0, 0.1) is 24.2 Å². The molecule has 0 aromatic heterocycles. The van der Waals surface area contributed by atoms with E-state index in [0.717, 1.165) is 0 Å². The lowest BCUT2D eigenvalue weighted by Crippen LogP contribution is -2.17. The maximum Gasteiger partial charge on any atom is -0.000868 e. The summed E-state index contributed by atoms with van der Waals surface area (Å²) in [5.41, 5.74) is 4.79. The number of fused-ring (bicyclic) bond motifs is 1. The first-order valence-electron chi connectivity index (χ1n) is 10.0. The number of hydrogen-bond donors (Lipinski definition) is 0. The third-order valence-electron chi connectivity index (χ3n) is 5.76. The molecule has 0 aliphatic heterocycles. The summed E-state index contributed by atoms with van der Waals surface area (Å²) in [7, 11) is 0. The van der Waals surface area contributed by atoms with Gasteiger partial charge in [0.05, 0.1) is 0 Å². The zero-order chi connectivity index (χ0) is 16.9. The summed E-state index contributed by atoms with van der Waals surface area (Å²) < 4.78 is 0. The molecule has 2 aliphatic rings. The number of hydrogen-bond acceptors (Lipinski definition) is 0. The van der Waals surface area contributed by atoms with Crippen molar-refractivity contribution in [1.29, 1.82) is 0 Å². The average Bonchev–Trinajstić information content (AvgIpc) is 2.96. The third kappa shape index (κ3) is 3.39. The fourth-order valence-corrected chi connectivity index (χ4v) is 4.77. The Morgan fingerprint density at radius 1 is 0.917 bits per heavy atom. The minimum atomic E-state index is 0.505. The largest absolute Gasteiger partial charge is 0.0805 e. The van der Waals surface area contributed by atoms with Gasteiger partial charge >= 0.3 is 0 Å². The van der Waals surface area contributed by atoms with Gasteiger partial charge in [-0.25, -0.2) is 0 Å². The van der Waals surface area contributed by atoms with Crippen molar-refractivity contribution in [3.8, 4) is 0 Å². The Kier molecular flexibility index (Phi) is 5.98. The SMILES string of the molecule is CCCc1cccc(C2[C]C3C=CC=CC3C2CCC)c1CCC. The monoisotopic (exact) mass is 320 g/mol. The molecule has 2 radical (unpaired) electrons. The number of benzene rings is 1. The van der Waals surface area contributed by atoms with Crippen LogP contribution in [0.5, 0.6) is 0 Å². The molecule has 4 unspecified atom stereocenters. The Hall–Kier alpha value is -1.30. The van der Waals surface area contributed by atoms with E-state index in [1.165, 1.54) is 38.5 Å². The van der Waals surface area contributed by atoms with E-state index in [2.05, 4.69) is 69.7 Å². The van der Waals surface area contributed by atoms with Gasteiger partial charge in [-0.05, 0) is 66.0 Å². The highest BCUT2D eigenvalue weighted by atomic mass is 14.5.